The summed E-state index contributed by atoms with van der Waals surface area (Å²) in [5.74, 6) is 0.331. The van der Waals surface area contributed by atoms with E-state index in [9.17, 15) is 9.59 Å². The molecule has 7 nitrogen and oxygen atoms in total. The smallest absolute Gasteiger partial charge is 0.253 e. The van der Waals surface area contributed by atoms with Crippen LogP contribution in [0.1, 0.15) is 35.7 Å². The number of amides is 2. The van der Waals surface area contributed by atoms with Crippen molar-refractivity contribution < 1.29 is 9.59 Å². The van der Waals surface area contributed by atoms with Crippen molar-refractivity contribution in [3.05, 3.63) is 35.4 Å². The van der Waals surface area contributed by atoms with E-state index in [-0.39, 0.29) is 11.8 Å². The average molecular weight is 406 g/mol. The van der Waals surface area contributed by atoms with Gasteiger partial charge in [-0.2, -0.15) is 0 Å². The van der Waals surface area contributed by atoms with Crippen LogP contribution in [0.4, 0.5) is 5.13 Å². The molecule has 0 saturated carbocycles. The zero-order valence-corrected chi connectivity index (χ0v) is 16.9. The van der Waals surface area contributed by atoms with Crippen LogP contribution in [0.3, 0.4) is 0 Å². The maximum absolute atomic E-state index is 12.3. The number of hydrogen-bond acceptors (Lipinski definition) is 7. The van der Waals surface area contributed by atoms with Crippen LogP contribution >= 0.6 is 23.1 Å². The van der Waals surface area contributed by atoms with Crippen LogP contribution in [0.2, 0.25) is 0 Å². The number of likely N-dealkylation sites (tertiary alicyclic amines) is 1. The molecule has 1 saturated heterocycles. The number of thioether (sulfide) groups is 1. The molecule has 0 atom stereocenters. The molecular formula is C18H23N5O2S2. The summed E-state index contributed by atoms with van der Waals surface area (Å²) in [6.07, 6.45) is 2.17. The van der Waals surface area contributed by atoms with Crippen LogP contribution in [0.15, 0.2) is 28.6 Å². The maximum Gasteiger partial charge on any atom is 0.253 e. The molecule has 2 heterocycles. The molecule has 2 amide bonds. The highest BCUT2D eigenvalue weighted by Crippen LogP contribution is 2.25. The number of rotatable bonds is 8. The van der Waals surface area contributed by atoms with Crippen LogP contribution in [-0.4, -0.2) is 52.3 Å². The van der Waals surface area contributed by atoms with Gasteiger partial charge < -0.3 is 15.5 Å². The minimum absolute atomic E-state index is 0.0579. The first-order chi connectivity index (χ1) is 13.2. The van der Waals surface area contributed by atoms with E-state index in [2.05, 4.69) is 20.8 Å². The highest BCUT2D eigenvalue weighted by molar-refractivity contribution is 8.01. The molecule has 2 aromatic rings. The highest BCUT2D eigenvalue weighted by Gasteiger charge is 2.19. The molecule has 1 aromatic heterocycles. The van der Waals surface area contributed by atoms with Gasteiger partial charge in [-0.05, 0) is 37.5 Å². The highest BCUT2D eigenvalue weighted by atomic mass is 32.2. The van der Waals surface area contributed by atoms with Crippen LogP contribution in [0.5, 0.6) is 0 Å². The predicted octanol–water partition coefficient (Wildman–Crippen LogP) is 2.61. The van der Waals surface area contributed by atoms with E-state index in [1.807, 2.05) is 36.1 Å². The van der Waals surface area contributed by atoms with Gasteiger partial charge in [0.1, 0.15) is 0 Å². The van der Waals surface area contributed by atoms with Gasteiger partial charge in [-0.1, -0.05) is 35.2 Å². The van der Waals surface area contributed by atoms with Gasteiger partial charge in [0.25, 0.3) is 5.91 Å². The normalized spacial score (nSPS) is 13.6. The standard InChI is InChI=1S/C18H23N5O2S2/c1-2-19-17-21-22-18(27-17)26-12-15(24)20-11-13-5-7-14(8-6-13)16(25)23-9-3-4-10-23/h5-8H,2-4,9-12H2,1H3,(H,19,21)(H,20,24). The molecule has 27 heavy (non-hydrogen) atoms. The number of carbonyl (C=O) groups excluding carboxylic acids is 2. The Hall–Kier alpha value is -2.13. The summed E-state index contributed by atoms with van der Waals surface area (Å²) in [7, 11) is 0. The summed E-state index contributed by atoms with van der Waals surface area (Å²) >= 11 is 2.82. The fraction of sp³-hybridized carbons (Fsp3) is 0.444. The molecule has 0 radical (unpaired) electrons. The minimum atomic E-state index is -0.0579. The maximum atomic E-state index is 12.3. The van der Waals surface area contributed by atoms with E-state index in [0.717, 1.165) is 47.5 Å². The van der Waals surface area contributed by atoms with Crippen molar-refractivity contribution in [1.82, 2.24) is 20.4 Å². The van der Waals surface area contributed by atoms with Crippen LogP contribution < -0.4 is 10.6 Å². The Balaban J connectivity index is 1.42. The van der Waals surface area contributed by atoms with Crippen LogP contribution in [0.25, 0.3) is 0 Å². The largest absolute Gasteiger partial charge is 0.360 e. The first kappa shape index (κ1) is 19.6. The lowest BCUT2D eigenvalue weighted by atomic mass is 10.1. The fourth-order valence-corrected chi connectivity index (χ4v) is 4.39. The first-order valence-electron chi connectivity index (χ1n) is 9.01. The Morgan fingerprint density at radius 3 is 2.63 bits per heavy atom. The number of nitrogens with one attached hydrogen (secondary N) is 2. The summed E-state index contributed by atoms with van der Waals surface area (Å²) in [5, 5.41) is 14.8. The van der Waals surface area contributed by atoms with E-state index < -0.39 is 0 Å². The van der Waals surface area contributed by atoms with E-state index in [4.69, 9.17) is 0 Å². The van der Waals surface area contributed by atoms with E-state index >= 15 is 0 Å². The molecular weight excluding hydrogens is 382 g/mol. The van der Waals surface area contributed by atoms with Gasteiger partial charge >= 0.3 is 0 Å². The quantitative estimate of drug-likeness (QED) is 0.657. The molecule has 144 valence electrons. The van der Waals surface area contributed by atoms with E-state index in [1.54, 1.807) is 0 Å². The molecule has 0 bridgehead atoms. The third kappa shape index (κ3) is 5.67. The van der Waals surface area contributed by atoms with Crippen molar-refractivity contribution in [2.75, 3.05) is 30.7 Å². The topological polar surface area (TPSA) is 87.2 Å². The van der Waals surface area contributed by atoms with Crippen molar-refractivity contribution in [2.45, 2.75) is 30.6 Å². The second-order valence-corrected chi connectivity index (χ2v) is 8.37. The van der Waals surface area contributed by atoms with E-state index in [0.29, 0.717) is 17.9 Å². The van der Waals surface area contributed by atoms with Crippen molar-refractivity contribution in [1.29, 1.82) is 0 Å². The van der Waals surface area contributed by atoms with Gasteiger partial charge in [0.15, 0.2) is 4.34 Å². The molecule has 1 aliphatic heterocycles. The molecule has 1 aliphatic rings. The van der Waals surface area contributed by atoms with Gasteiger partial charge in [-0.25, -0.2) is 0 Å². The van der Waals surface area contributed by atoms with Gasteiger partial charge in [-0.15, -0.1) is 10.2 Å². The number of carbonyl (C=O) groups is 2. The van der Waals surface area contributed by atoms with Gasteiger partial charge in [0.05, 0.1) is 5.75 Å². The third-order valence-corrected chi connectivity index (χ3v) is 6.16. The number of hydrogen-bond donors (Lipinski definition) is 2. The number of nitrogens with zero attached hydrogens (tertiary/aromatic N) is 3. The first-order valence-corrected chi connectivity index (χ1v) is 10.8. The second kappa shape index (κ2) is 9.70. The van der Waals surface area contributed by atoms with Crippen molar-refractivity contribution >= 4 is 40.0 Å². The molecule has 2 N–H and O–H groups in total. The van der Waals surface area contributed by atoms with Crippen molar-refractivity contribution in [3.63, 3.8) is 0 Å². The summed E-state index contributed by atoms with van der Waals surface area (Å²) in [6.45, 7) is 4.92. The Morgan fingerprint density at radius 2 is 1.93 bits per heavy atom. The lowest BCUT2D eigenvalue weighted by Gasteiger charge is -2.15. The minimum Gasteiger partial charge on any atom is -0.360 e. The Labute approximate surface area is 166 Å². The zero-order chi connectivity index (χ0) is 19.1. The third-order valence-electron chi connectivity index (χ3n) is 4.15. The molecule has 3 rings (SSSR count). The number of aromatic nitrogens is 2. The molecule has 9 heteroatoms. The summed E-state index contributed by atoms with van der Waals surface area (Å²) in [6, 6.07) is 7.45. The molecule has 1 aromatic carbocycles. The zero-order valence-electron chi connectivity index (χ0n) is 15.2. The summed E-state index contributed by atoms with van der Waals surface area (Å²) in [5.41, 5.74) is 1.67. The van der Waals surface area contributed by atoms with Gasteiger partial charge in [0, 0.05) is 31.7 Å². The fourth-order valence-electron chi connectivity index (χ4n) is 2.74. The van der Waals surface area contributed by atoms with Crippen molar-refractivity contribution in [3.8, 4) is 0 Å². The van der Waals surface area contributed by atoms with Gasteiger partial charge in [-0.3, -0.25) is 9.59 Å². The van der Waals surface area contributed by atoms with Crippen LogP contribution in [0, 0.1) is 0 Å². The molecule has 0 spiro atoms. The lowest BCUT2D eigenvalue weighted by Crippen LogP contribution is -2.27. The second-order valence-electron chi connectivity index (χ2n) is 6.17. The monoisotopic (exact) mass is 405 g/mol. The number of anilines is 1. The number of benzene rings is 1. The molecule has 0 unspecified atom stereocenters. The average Bonchev–Trinajstić information content (AvgIpc) is 3.37. The van der Waals surface area contributed by atoms with E-state index in [1.165, 1.54) is 23.1 Å². The molecule has 1 fully saturated rings. The molecule has 0 aliphatic carbocycles. The van der Waals surface area contributed by atoms with Crippen molar-refractivity contribution in [2.24, 2.45) is 0 Å². The van der Waals surface area contributed by atoms with Crippen LogP contribution in [-0.2, 0) is 11.3 Å². The Morgan fingerprint density at radius 1 is 1.19 bits per heavy atom. The van der Waals surface area contributed by atoms with Gasteiger partial charge in [0.2, 0.25) is 11.0 Å². The predicted molar refractivity (Wildman–Crippen MR) is 108 cm³/mol. The lowest BCUT2D eigenvalue weighted by molar-refractivity contribution is -0.118. The summed E-state index contributed by atoms with van der Waals surface area (Å²) < 4.78 is 0.769. The Kier molecular flexibility index (Phi) is 7.05. The SMILES string of the molecule is CCNc1nnc(SCC(=O)NCc2ccc(C(=O)N3CCCC3)cc2)s1. The summed E-state index contributed by atoms with van der Waals surface area (Å²) in [4.78, 5) is 26.2. The Bertz CT molecular complexity index is 772.